The Morgan fingerprint density at radius 3 is 2.16 bits per heavy atom. The van der Waals surface area contributed by atoms with Crippen LogP contribution in [0, 0.1) is 0 Å². The van der Waals surface area contributed by atoms with Crippen LogP contribution in [0.25, 0.3) is 0 Å². The molecule has 0 saturated carbocycles. The molecule has 0 aliphatic carbocycles. The fourth-order valence-electron chi connectivity index (χ4n) is 1.86. The lowest BCUT2D eigenvalue weighted by Gasteiger charge is -2.25. The first-order valence-corrected chi connectivity index (χ1v) is 6.69. The Hall–Kier alpha value is -1.39. The summed E-state index contributed by atoms with van der Waals surface area (Å²) < 4.78 is 16.3. The molecule has 0 radical (unpaired) electrons. The summed E-state index contributed by atoms with van der Waals surface area (Å²) in [4.78, 5) is 12.0. The van der Waals surface area contributed by atoms with Gasteiger partial charge in [0.25, 0.3) is 0 Å². The van der Waals surface area contributed by atoms with E-state index in [1.165, 1.54) is 0 Å². The first-order valence-electron chi connectivity index (χ1n) is 6.69. The molecule has 1 aromatic rings. The van der Waals surface area contributed by atoms with Crippen LogP contribution in [0.4, 0.5) is 0 Å². The molecule has 0 fully saturated rings. The maximum absolute atomic E-state index is 12.0. The van der Waals surface area contributed by atoms with E-state index in [0.29, 0.717) is 19.8 Å². The Balaban J connectivity index is 2.95. The van der Waals surface area contributed by atoms with E-state index < -0.39 is 12.2 Å². The largest absolute Gasteiger partial charge is 0.464 e. The van der Waals surface area contributed by atoms with Crippen LogP contribution >= 0.6 is 0 Å². The number of carbonyl (C=O) groups excluding carboxylic acids is 1. The van der Waals surface area contributed by atoms with Crippen molar-refractivity contribution in [3.05, 3.63) is 35.9 Å². The summed E-state index contributed by atoms with van der Waals surface area (Å²) in [6.45, 7) is 6.78. The minimum absolute atomic E-state index is 0.329. The third-order valence-corrected chi connectivity index (χ3v) is 2.61. The highest BCUT2D eigenvalue weighted by Crippen LogP contribution is 2.24. The third-order valence-electron chi connectivity index (χ3n) is 2.61. The topological polar surface area (TPSA) is 44.8 Å². The molecule has 4 nitrogen and oxygen atoms in total. The number of hydrogen-bond donors (Lipinski definition) is 0. The minimum atomic E-state index is -0.729. The van der Waals surface area contributed by atoms with Gasteiger partial charge in [0.2, 0.25) is 0 Å². The van der Waals surface area contributed by atoms with Gasteiger partial charge in [0.15, 0.2) is 6.10 Å². The monoisotopic (exact) mass is 266 g/mol. The molecule has 0 aromatic heterocycles. The summed E-state index contributed by atoms with van der Waals surface area (Å²) >= 11 is 0. The van der Waals surface area contributed by atoms with E-state index in [4.69, 9.17) is 14.2 Å². The molecular formula is C15H22O4. The fraction of sp³-hybridized carbons (Fsp3) is 0.533. The minimum Gasteiger partial charge on any atom is -0.464 e. The molecule has 2 unspecified atom stereocenters. The highest BCUT2D eigenvalue weighted by molar-refractivity contribution is 5.75. The normalized spacial score (nSPS) is 13.8. The van der Waals surface area contributed by atoms with Crippen molar-refractivity contribution >= 4 is 5.97 Å². The number of esters is 1. The van der Waals surface area contributed by atoms with Gasteiger partial charge in [-0.2, -0.15) is 0 Å². The van der Waals surface area contributed by atoms with Crippen molar-refractivity contribution in [3.63, 3.8) is 0 Å². The van der Waals surface area contributed by atoms with Gasteiger partial charge in [-0.05, 0) is 26.3 Å². The van der Waals surface area contributed by atoms with Crippen molar-refractivity contribution in [3.8, 4) is 0 Å². The Bertz CT molecular complexity index is 364. The molecule has 0 amide bonds. The van der Waals surface area contributed by atoms with Crippen LogP contribution in [0.2, 0.25) is 0 Å². The third kappa shape index (κ3) is 4.65. The summed E-state index contributed by atoms with van der Waals surface area (Å²) in [5.41, 5.74) is 0.913. The van der Waals surface area contributed by atoms with Gasteiger partial charge in [-0.15, -0.1) is 0 Å². The first-order chi connectivity index (χ1) is 9.24. The predicted molar refractivity (Wildman–Crippen MR) is 72.9 cm³/mol. The van der Waals surface area contributed by atoms with Crippen molar-refractivity contribution in [1.82, 2.24) is 0 Å². The van der Waals surface area contributed by atoms with Gasteiger partial charge in [-0.3, -0.25) is 0 Å². The molecule has 1 aromatic carbocycles. The van der Waals surface area contributed by atoms with Gasteiger partial charge < -0.3 is 14.2 Å². The van der Waals surface area contributed by atoms with Crippen LogP contribution < -0.4 is 0 Å². The lowest BCUT2D eigenvalue weighted by Crippen LogP contribution is -2.34. The van der Waals surface area contributed by atoms with E-state index in [0.717, 1.165) is 5.56 Å². The number of carbonyl (C=O) groups is 1. The van der Waals surface area contributed by atoms with Crippen LogP contribution in [-0.4, -0.2) is 31.9 Å². The maximum atomic E-state index is 12.0. The number of benzene rings is 1. The van der Waals surface area contributed by atoms with E-state index >= 15 is 0 Å². The lowest BCUT2D eigenvalue weighted by atomic mass is 10.0. The highest BCUT2D eigenvalue weighted by Gasteiger charge is 2.32. The van der Waals surface area contributed by atoms with Crippen LogP contribution in [0.15, 0.2) is 30.3 Å². The average Bonchev–Trinajstić information content (AvgIpc) is 2.44. The van der Waals surface area contributed by atoms with Gasteiger partial charge in [-0.25, -0.2) is 4.79 Å². The Morgan fingerprint density at radius 1 is 1.00 bits per heavy atom. The first kappa shape index (κ1) is 15.7. The van der Waals surface area contributed by atoms with Gasteiger partial charge in [0.05, 0.1) is 6.61 Å². The smallest absolute Gasteiger partial charge is 0.338 e. The Morgan fingerprint density at radius 2 is 1.63 bits per heavy atom. The predicted octanol–water partition coefficient (Wildman–Crippen LogP) is 2.73. The maximum Gasteiger partial charge on any atom is 0.338 e. The van der Waals surface area contributed by atoms with E-state index in [2.05, 4.69) is 0 Å². The molecule has 0 aliphatic rings. The van der Waals surface area contributed by atoms with Crippen molar-refractivity contribution < 1.29 is 19.0 Å². The summed E-state index contributed by atoms with van der Waals surface area (Å²) in [5.74, 6) is -0.383. The zero-order chi connectivity index (χ0) is 14.1. The van der Waals surface area contributed by atoms with Crippen molar-refractivity contribution in [1.29, 1.82) is 0 Å². The molecule has 4 heteroatoms. The molecule has 0 bridgehead atoms. The standard InChI is InChI=1S/C15H22O4/c1-4-17-13(12-10-8-7-9-11-12)14(18-5-2)15(16)19-6-3/h7-11,13-14H,4-6H2,1-3H3. The van der Waals surface area contributed by atoms with Gasteiger partial charge in [0.1, 0.15) is 6.10 Å². The zero-order valence-electron chi connectivity index (χ0n) is 11.8. The molecule has 106 valence electrons. The number of hydrogen-bond acceptors (Lipinski definition) is 4. The second kappa shape index (κ2) is 8.67. The molecule has 0 spiro atoms. The van der Waals surface area contributed by atoms with E-state index in [9.17, 15) is 4.79 Å². The Labute approximate surface area is 114 Å². The second-order valence-electron chi connectivity index (χ2n) is 3.91. The van der Waals surface area contributed by atoms with Crippen LogP contribution in [0.1, 0.15) is 32.4 Å². The molecule has 0 aliphatic heterocycles. The van der Waals surface area contributed by atoms with Crippen LogP contribution in [-0.2, 0) is 19.0 Å². The summed E-state index contributed by atoms with van der Waals surface area (Å²) in [6, 6.07) is 9.59. The number of ether oxygens (including phenoxy) is 3. The lowest BCUT2D eigenvalue weighted by molar-refractivity contribution is -0.168. The zero-order valence-corrected chi connectivity index (χ0v) is 11.8. The molecule has 2 atom stereocenters. The van der Waals surface area contributed by atoms with Gasteiger partial charge in [-0.1, -0.05) is 30.3 Å². The molecule has 0 N–H and O–H groups in total. The van der Waals surface area contributed by atoms with Gasteiger partial charge in [0, 0.05) is 13.2 Å². The summed E-state index contributed by atoms with van der Waals surface area (Å²) in [5, 5.41) is 0. The quantitative estimate of drug-likeness (QED) is 0.679. The average molecular weight is 266 g/mol. The SMILES string of the molecule is CCOC(=O)C(OCC)C(OCC)c1ccccc1. The highest BCUT2D eigenvalue weighted by atomic mass is 16.6. The van der Waals surface area contributed by atoms with Crippen molar-refractivity contribution in [2.75, 3.05) is 19.8 Å². The van der Waals surface area contributed by atoms with Crippen molar-refractivity contribution in [2.24, 2.45) is 0 Å². The van der Waals surface area contributed by atoms with E-state index in [-0.39, 0.29) is 5.97 Å². The van der Waals surface area contributed by atoms with Crippen molar-refractivity contribution in [2.45, 2.75) is 33.0 Å². The Kier molecular flexibility index (Phi) is 7.15. The van der Waals surface area contributed by atoms with Gasteiger partial charge >= 0.3 is 5.97 Å². The van der Waals surface area contributed by atoms with E-state index in [1.54, 1.807) is 6.92 Å². The van der Waals surface area contributed by atoms with Crippen LogP contribution in [0.5, 0.6) is 0 Å². The fourth-order valence-corrected chi connectivity index (χ4v) is 1.86. The molecule has 1 rings (SSSR count). The molecule has 0 saturated heterocycles. The summed E-state index contributed by atoms with van der Waals surface area (Å²) in [6.07, 6.45) is -1.17. The van der Waals surface area contributed by atoms with Crippen LogP contribution in [0.3, 0.4) is 0 Å². The molecule has 19 heavy (non-hydrogen) atoms. The molecular weight excluding hydrogens is 244 g/mol. The second-order valence-corrected chi connectivity index (χ2v) is 3.91. The number of rotatable bonds is 8. The summed E-state index contributed by atoms with van der Waals surface area (Å²) in [7, 11) is 0. The molecule has 0 heterocycles. The van der Waals surface area contributed by atoms with E-state index in [1.807, 2.05) is 44.2 Å².